The van der Waals surface area contributed by atoms with E-state index >= 15 is 0 Å². The first-order valence-corrected chi connectivity index (χ1v) is 5.58. The Hall–Kier alpha value is -1.71. The maximum atomic E-state index is 5.34. The van der Waals surface area contributed by atoms with Gasteiger partial charge in [0, 0.05) is 18.3 Å². The second-order valence-electron chi connectivity index (χ2n) is 4.19. The van der Waals surface area contributed by atoms with Gasteiger partial charge in [0.25, 0.3) is 0 Å². The molecule has 0 amide bonds. The number of hydrogen-bond donors (Lipinski definition) is 2. The molecule has 0 fully saturated rings. The third-order valence-electron chi connectivity index (χ3n) is 2.99. The number of hydrogen-bond acceptors (Lipinski definition) is 2. The predicted octanol–water partition coefficient (Wildman–Crippen LogP) is 0.711. The molecule has 4 N–H and O–H groups in total. The van der Waals surface area contributed by atoms with Gasteiger partial charge in [0.15, 0.2) is 5.96 Å². The number of rotatable bonds is 3. The molecule has 0 spiro atoms. The fourth-order valence-electron chi connectivity index (χ4n) is 2.16. The minimum atomic E-state index is 0.166. The molecular weight excluding hydrogens is 200 g/mol. The van der Waals surface area contributed by atoms with Gasteiger partial charge >= 0.3 is 0 Å². The topological polar surface area (TPSA) is 67.6 Å². The van der Waals surface area contributed by atoms with E-state index in [2.05, 4.69) is 41.1 Å². The van der Waals surface area contributed by atoms with Gasteiger partial charge in [-0.25, -0.2) is 0 Å². The highest BCUT2D eigenvalue weighted by Gasteiger charge is 2.22. The molecule has 0 radical (unpaired) electrons. The monoisotopic (exact) mass is 218 g/mol. The average molecular weight is 218 g/mol. The van der Waals surface area contributed by atoms with Crippen LogP contribution in [0, 0.1) is 0 Å². The summed E-state index contributed by atoms with van der Waals surface area (Å²) in [5.74, 6) is 0.166. The zero-order valence-electron chi connectivity index (χ0n) is 9.56. The molecule has 0 saturated carbocycles. The van der Waals surface area contributed by atoms with E-state index in [-0.39, 0.29) is 5.96 Å². The molecule has 0 saturated heterocycles. The Balaban J connectivity index is 2.10. The minimum Gasteiger partial charge on any atom is -0.370 e. The van der Waals surface area contributed by atoms with Crippen LogP contribution in [0.4, 0.5) is 5.69 Å². The van der Waals surface area contributed by atoms with Crippen molar-refractivity contribution in [1.29, 1.82) is 0 Å². The maximum absolute atomic E-state index is 5.34. The van der Waals surface area contributed by atoms with Crippen molar-refractivity contribution in [2.75, 3.05) is 18.0 Å². The van der Waals surface area contributed by atoms with Crippen LogP contribution in [0.25, 0.3) is 0 Å². The maximum Gasteiger partial charge on any atom is 0.185 e. The molecule has 0 aliphatic carbocycles. The van der Waals surface area contributed by atoms with Crippen LogP contribution in [0.1, 0.15) is 12.5 Å². The highest BCUT2D eigenvalue weighted by molar-refractivity contribution is 5.75. The fraction of sp³-hybridized carbons (Fsp3) is 0.417. The van der Waals surface area contributed by atoms with Crippen LogP contribution in [0.3, 0.4) is 0 Å². The molecule has 1 heterocycles. The lowest BCUT2D eigenvalue weighted by Crippen LogP contribution is -2.35. The van der Waals surface area contributed by atoms with Gasteiger partial charge in [0.05, 0.1) is 6.54 Å². The fourth-order valence-corrected chi connectivity index (χ4v) is 2.16. The standard InChI is InChI=1S/C12H18N4/c1-9(8-15-12(13)14)16-7-6-10-4-2-3-5-11(10)16/h2-5,9H,6-8H2,1H3,(H4,13,14,15). The van der Waals surface area contributed by atoms with E-state index in [1.54, 1.807) is 0 Å². The van der Waals surface area contributed by atoms with Crippen molar-refractivity contribution >= 4 is 11.6 Å². The Morgan fingerprint density at radius 1 is 1.44 bits per heavy atom. The zero-order chi connectivity index (χ0) is 11.5. The van der Waals surface area contributed by atoms with E-state index in [0.717, 1.165) is 13.0 Å². The Labute approximate surface area is 96.0 Å². The number of nitrogens with two attached hydrogens (primary N) is 2. The van der Waals surface area contributed by atoms with Gasteiger partial charge < -0.3 is 16.4 Å². The lowest BCUT2D eigenvalue weighted by atomic mass is 10.2. The van der Waals surface area contributed by atoms with Crippen molar-refractivity contribution in [2.24, 2.45) is 16.5 Å². The van der Waals surface area contributed by atoms with Crippen molar-refractivity contribution in [3.05, 3.63) is 29.8 Å². The first kappa shape index (κ1) is 10.8. The van der Waals surface area contributed by atoms with Gasteiger partial charge in [-0.3, -0.25) is 4.99 Å². The summed E-state index contributed by atoms with van der Waals surface area (Å²) in [7, 11) is 0. The number of nitrogens with zero attached hydrogens (tertiary/aromatic N) is 2. The molecule has 16 heavy (non-hydrogen) atoms. The molecule has 1 aromatic rings. The number of fused-ring (bicyclic) bond motifs is 1. The minimum absolute atomic E-state index is 0.166. The molecule has 2 rings (SSSR count). The summed E-state index contributed by atoms with van der Waals surface area (Å²) in [5, 5.41) is 0. The molecule has 1 aromatic carbocycles. The van der Waals surface area contributed by atoms with E-state index in [1.165, 1.54) is 11.3 Å². The van der Waals surface area contributed by atoms with E-state index in [4.69, 9.17) is 11.5 Å². The first-order chi connectivity index (χ1) is 7.68. The summed E-state index contributed by atoms with van der Waals surface area (Å²) in [6.07, 6.45) is 1.11. The zero-order valence-corrected chi connectivity index (χ0v) is 9.56. The molecule has 86 valence electrons. The Morgan fingerprint density at radius 3 is 2.94 bits per heavy atom. The molecule has 1 aliphatic heterocycles. The third-order valence-corrected chi connectivity index (χ3v) is 2.99. The summed E-state index contributed by atoms with van der Waals surface area (Å²) in [5.41, 5.74) is 13.4. The Morgan fingerprint density at radius 2 is 2.19 bits per heavy atom. The van der Waals surface area contributed by atoms with Gasteiger partial charge in [0.2, 0.25) is 0 Å². The van der Waals surface area contributed by atoms with Crippen molar-refractivity contribution in [3.8, 4) is 0 Å². The quantitative estimate of drug-likeness (QED) is 0.580. The van der Waals surface area contributed by atoms with Gasteiger partial charge in [-0.15, -0.1) is 0 Å². The van der Waals surface area contributed by atoms with Crippen molar-refractivity contribution in [1.82, 2.24) is 0 Å². The molecular formula is C12H18N4. The molecule has 1 aliphatic rings. The molecule has 0 bridgehead atoms. The highest BCUT2D eigenvalue weighted by Crippen LogP contribution is 2.28. The van der Waals surface area contributed by atoms with Crippen LogP contribution in [0.5, 0.6) is 0 Å². The number of anilines is 1. The number of benzene rings is 1. The molecule has 1 unspecified atom stereocenters. The summed E-state index contributed by atoms with van der Waals surface area (Å²) in [6, 6.07) is 8.84. The number of para-hydroxylation sites is 1. The van der Waals surface area contributed by atoms with E-state index < -0.39 is 0 Å². The molecule has 1 atom stereocenters. The van der Waals surface area contributed by atoms with Crippen LogP contribution in [0.2, 0.25) is 0 Å². The Kier molecular flexibility index (Phi) is 2.99. The van der Waals surface area contributed by atoms with Crippen LogP contribution in [-0.2, 0) is 6.42 Å². The number of guanidine groups is 1. The first-order valence-electron chi connectivity index (χ1n) is 5.58. The summed E-state index contributed by atoms with van der Waals surface area (Å²) >= 11 is 0. The Bertz CT molecular complexity index is 396. The molecule has 4 nitrogen and oxygen atoms in total. The smallest absolute Gasteiger partial charge is 0.185 e. The molecule has 0 aromatic heterocycles. The van der Waals surface area contributed by atoms with E-state index in [1.807, 2.05) is 0 Å². The van der Waals surface area contributed by atoms with Crippen molar-refractivity contribution in [2.45, 2.75) is 19.4 Å². The number of aliphatic imine (C=N–C) groups is 1. The van der Waals surface area contributed by atoms with Gasteiger partial charge in [-0.2, -0.15) is 0 Å². The van der Waals surface area contributed by atoms with E-state index in [0.29, 0.717) is 12.6 Å². The average Bonchev–Trinajstić information content (AvgIpc) is 2.69. The van der Waals surface area contributed by atoms with Gasteiger partial charge in [-0.1, -0.05) is 18.2 Å². The predicted molar refractivity (Wildman–Crippen MR) is 67.6 cm³/mol. The summed E-state index contributed by atoms with van der Waals surface area (Å²) in [4.78, 5) is 6.44. The summed E-state index contributed by atoms with van der Waals surface area (Å²) in [6.45, 7) is 3.85. The SMILES string of the molecule is CC(CN=C(N)N)N1CCc2ccccc21. The van der Waals surface area contributed by atoms with Crippen LogP contribution >= 0.6 is 0 Å². The van der Waals surface area contributed by atoms with Crippen molar-refractivity contribution < 1.29 is 0 Å². The highest BCUT2D eigenvalue weighted by atomic mass is 15.2. The normalized spacial score (nSPS) is 15.7. The van der Waals surface area contributed by atoms with Crippen LogP contribution in [0.15, 0.2) is 29.3 Å². The van der Waals surface area contributed by atoms with Crippen LogP contribution in [-0.4, -0.2) is 25.1 Å². The lowest BCUT2D eigenvalue weighted by Gasteiger charge is -2.26. The summed E-state index contributed by atoms with van der Waals surface area (Å²) < 4.78 is 0. The second-order valence-corrected chi connectivity index (χ2v) is 4.19. The largest absolute Gasteiger partial charge is 0.370 e. The second kappa shape index (κ2) is 4.43. The van der Waals surface area contributed by atoms with Gasteiger partial charge in [0.1, 0.15) is 0 Å². The van der Waals surface area contributed by atoms with Gasteiger partial charge in [-0.05, 0) is 25.0 Å². The molecule has 4 heteroatoms. The third kappa shape index (κ3) is 2.10. The van der Waals surface area contributed by atoms with Crippen LogP contribution < -0.4 is 16.4 Å². The lowest BCUT2D eigenvalue weighted by molar-refractivity contribution is 0.663. The van der Waals surface area contributed by atoms with Crippen molar-refractivity contribution in [3.63, 3.8) is 0 Å². The van der Waals surface area contributed by atoms with E-state index in [9.17, 15) is 0 Å².